The smallest absolute Gasteiger partial charge is 0.261 e. The molecule has 3 aromatic carbocycles. The van der Waals surface area contributed by atoms with E-state index >= 15 is 0 Å². The predicted octanol–water partition coefficient (Wildman–Crippen LogP) is 5.25. The zero-order valence-electron chi connectivity index (χ0n) is 23.6. The van der Waals surface area contributed by atoms with Crippen molar-refractivity contribution in [2.45, 2.75) is 63.6 Å². The summed E-state index contributed by atoms with van der Waals surface area (Å²) in [6.45, 7) is 7.58. The third kappa shape index (κ3) is 7.07. The molecule has 0 saturated heterocycles. The Balaban J connectivity index is 1.52. The van der Waals surface area contributed by atoms with Gasteiger partial charge in [-0.3, -0.25) is 0 Å². The van der Waals surface area contributed by atoms with Crippen molar-refractivity contribution >= 4 is 18.7 Å². The molecule has 1 N–H and O–H groups in total. The summed E-state index contributed by atoms with van der Waals surface area (Å²) in [5.41, 5.74) is 1.05. The van der Waals surface area contributed by atoms with E-state index < -0.39 is 14.4 Å². The molecule has 0 amide bonds. The van der Waals surface area contributed by atoms with Crippen LogP contribution in [0.3, 0.4) is 0 Å². The van der Waals surface area contributed by atoms with Gasteiger partial charge in [0, 0.05) is 0 Å². The Morgan fingerprint density at radius 1 is 0.846 bits per heavy atom. The summed E-state index contributed by atoms with van der Waals surface area (Å²) in [4.78, 5) is 0. The van der Waals surface area contributed by atoms with Crippen LogP contribution in [0.1, 0.15) is 39.2 Å². The third-order valence-electron chi connectivity index (χ3n) is 7.42. The summed E-state index contributed by atoms with van der Waals surface area (Å²) >= 11 is 0. The van der Waals surface area contributed by atoms with Crippen molar-refractivity contribution in [3.63, 3.8) is 0 Å². The summed E-state index contributed by atoms with van der Waals surface area (Å²) in [5.74, 6) is 0.813. The van der Waals surface area contributed by atoms with Crippen LogP contribution in [0.25, 0.3) is 0 Å². The quantitative estimate of drug-likeness (QED) is 0.278. The number of hydrogen-bond acceptors (Lipinski definition) is 5. The van der Waals surface area contributed by atoms with E-state index in [0.29, 0.717) is 19.6 Å². The maximum absolute atomic E-state index is 10.3. The van der Waals surface area contributed by atoms with Crippen LogP contribution in [0.5, 0.6) is 5.75 Å². The molecule has 1 aliphatic rings. The fraction of sp³-hybridized carbons (Fsp3) is 0.394. The molecule has 1 heterocycles. The number of hydrogen-bond donors (Lipinski definition) is 1. The van der Waals surface area contributed by atoms with Gasteiger partial charge in [0.25, 0.3) is 8.32 Å². The van der Waals surface area contributed by atoms with E-state index in [0.717, 1.165) is 17.7 Å². The lowest BCUT2D eigenvalue weighted by atomic mass is 10.1. The van der Waals surface area contributed by atoms with E-state index in [-0.39, 0.29) is 23.9 Å². The van der Waals surface area contributed by atoms with Gasteiger partial charge >= 0.3 is 0 Å². The van der Waals surface area contributed by atoms with Crippen molar-refractivity contribution in [1.29, 1.82) is 0 Å². The molecule has 5 nitrogen and oxygen atoms in total. The molecule has 4 rings (SSSR count). The first-order valence-corrected chi connectivity index (χ1v) is 15.7. The molecule has 0 saturated carbocycles. The highest BCUT2D eigenvalue weighted by Gasteiger charge is 2.50. The van der Waals surface area contributed by atoms with Gasteiger partial charge in [0.15, 0.2) is 0 Å². The van der Waals surface area contributed by atoms with Gasteiger partial charge in [0.05, 0.1) is 39.1 Å². The van der Waals surface area contributed by atoms with E-state index in [1.54, 1.807) is 7.11 Å². The molecular formula is C33H42O5Si. The molecule has 6 heteroatoms. The first-order chi connectivity index (χ1) is 18.9. The molecule has 0 bridgehead atoms. The number of ether oxygens (including phenoxy) is 3. The monoisotopic (exact) mass is 546 g/mol. The number of rotatable bonds is 10. The lowest BCUT2D eigenvalue weighted by Crippen LogP contribution is -2.67. The second-order valence-electron chi connectivity index (χ2n) is 11.1. The summed E-state index contributed by atoms with van der Waals surface area (Å²) in [7, 11) is -1.03. The van der Waals surface area contributed by atoms with Crippen molar-refractivity contribution in [2.75, 3.05) is 20.3 Å². The molecule has 0 radical (unpaired) electrons. The largest absolute Gasteiger partial charge is 0.497 e. The SMILES string of the molecule is COc1ccc(CO[C@@H]2C/C=C\C[C@H](CO[Si](c3ccccc3)(c3ccccc3)C(C)(C)C)O[C@@H]2CO)cc1. The van der Waals surface area contributed by atoms with Gasteiger partial charge in [-0.1, -0.05) is 106 Å². The Bertz CT molecular complexity index is 1120. The fourth-order valence-electron chi connectivity index (χ4n) is 5.37. The average molecular weight is 547 g/mol. The van der Waals surface area contributed by atoms with E-state index in [1.165, 1.54) is 10.4 Å². The van der Waals surface area contributed by atoms with Gasteiger partial charge < -0.3 is 23.7 Å². The lowest BCUT2D eigenvalue weighted by Gasteiger charge is -2.44. The second kappa shape index (κ2) is 13.6. The van der Waals surface area contributed by atoms with Crippen molar-refractivity contribution in [2.24, 2.45) is 0 Å². The molecular weight excluding hydrogens is 504 g/mol. The number of aliphatic hydroxyl groups excluding tert-OH is 1. The molecule has 0 unspecified atom stereocenters. The maximum Gasteiger partial charge on any atom is 0.261 e. The minimum Gasteiger partial charge on any atom is -0.497 e. The Kier molecular flexibility index (Phi) is 10.2. The van der Waals surface area contributed by atoms with Crippen molar-refractivity contribution in [3.05, 3.63) is 103 Å². The highest BCUT2D eigenvalue weighted by atomic mass is 28.4. The Morgan fingerprint density at radius 3 is 1.97 bits per heavy atom. The van der Waals surface area contributed by atoms with Crippen LogP contribution in [-0.4, -0.2) is 52.1 Å². The van der Waals surface area contributed by atoms with E-state index in [2.05, 4.69) is 93.6 Å². The molecule has 0 aliphatic carbocycles. The van der Waals surface area contributed by atoms with Crippen LogP contribution >= 0.6 is 0 Å². The van der Waals surface area contributed by atoms with Gasteiger partial charge in [0.2, 0.25) is 0 Å². The van der Waals surface area contributed by atoms with Crippen LogP contribution in [0.15, 0.2) is 97.1 Å². The molecule has 0 spiro atoms. The molecule has 208 valence electrons. The molecule has 3 atom stereocenters. The van der Waals surface area contributed by atoms with Crippen LogP contribution in [0.2, 0.25) is 5.04 Å². The zero-order valence-corrected chi connectivity index (χ0v) is 24.6. The maximum atomic E-state index is 10.3. The van der Waals surface area contributed by atoms with Gasteiger partial charge in [0.1, 0.15) is 11.9 Å². The summed E-state index contributed by atoms with van der Waals surface area (Å²) in [5, 5.41) is 12.7. The zero-order chi connectivity index (χ0) is 27.7. The molecule has 1 aliphatic heterocycles. The molecule has 39 heavy (non-hydrogen) atoms. The Labute approximate surface area is 234 Å². The fourth-order valence-corrected chi connectivity index (χ4v) is 9.96. The third-order valence-corrected chi connectivity index (χ3v) is 12.4. The predicted molar refractivity (Wildman–Crippen MR) is 159 cm³/mol. The molecule has 3 aromatic rings. The highest BCUT2D eigenvalue weighted by Crippen LogP contribution is 2.37. The van der Waals surface area contributed by atoms with Crippen LogP contribution in [0, 0.1) is 0 Å². The number of aliphatic hydroxyl groups is 1. The van der Waals surface area contributed by atoms with Crippen LogP contribution in [-0.2, 0) is 20.5 Å². The van der Waals surface area contributed by atoms with Crippen LogP contribution < -0.4 is 15.1 Å². The van der Waals surface area contributed by atoms with Crippen molar-refractivity contribution in [1.82, 2.24) is 0 Å². The molecule has 0 aromatic heterocycles. The van der Waals surface area contributed by atoms with Crippen molar-refractivity contribution in [3.8, 4) is 5.75 Å². The van der Waals surface area contributed by atoms with Gasteiger partial charge in [-0.2, -0.15) is 0 Å². The Morgan fingerprint density at radius 2 is 1.44 bits per heavy atom. The normalized spacial score (nSPS) is 21.1. The van der Waals surface area contributed by atoms with Crippen molar-refractivity contribution < 1.29 is 23.7 Å². The number of benzene rings is 3. The van der Waals surface area contributed by atoms with E-state index in [9.17, 15) is 5.11 Å². The minimum absolute atomic E-state index is 0.114. The number of methoxy groups -OCH3 is 1. The van der Waals surface area contributed by atoms with Gasteiger partial charge in [-0.25, -0.2) is 0 Å². The minimum atomic E-state index is -2.69. The summed E-state index contributed by atoms with van der Waals surface area (Å²) in [6.07, 6.45) is 4.79. The Hall–Kier alpha value is -2.74. The first kappa shape index (κ1) is 29.2. The lowest BCUT2D eigenvalue weighted by molar-refractivity contribution is -0.131. The first-order valence-electron chi connectivity index (χ1n) is 13.8. The van der Waals surface area contributed by atoms with E-state index in [4.69, 9.17) is 18.6 Å². The van der Waals surface area contributed by atoms with Gasteiger partial charge in [-0.15, -0.1) is 0 Å². The van der Waals surface area contributed by atoms with Gasteiger partial charge in [-0.05, 0) is 45.9 Å². The standard InChI is InChI=1S/C33H42O5Si/c1-33(2,3)39(29-14-7-5-8-15-29,30-16-9-6-10-17-30)37-25-28-13-11-12-18-31(32(23-34)38-28)36-24-26-19-21-27(35-4)22-20-26/h5-12,14-17,19-22,28,31-32,34H,13,18,23-25H2,1-4H3/b12-11-/t28-,31-,32-/m1/s1. The summed E-state index contributed by atoms with van der Waals surface area (Å²) < 4.78 is 25.1. The average Bonchev–Trinajstić information content (AvgIpc) is 2.94. The topological polar surface area (TPSA) is 57.2 Å². The summed E-state index contributed by atoms with van der Waals surface area (Å²) in [6, 6.07) is 29.1. The van der Waals surface area contributed by atoms with Crippen LogP contribution in [0.4, 0.5) is 0 Å². The highest BCUT2D eigenvalue weighted by molar-refractivity contribution is 6.99. The molecule has 0 fully saturated rings. The second-order valence-corrected chi connectivity index (χ2v) is 15.4. The van der Waals surface area contributed by atoms with E-state index in [1.807, 2.05) is 24.3 Å².